The van der Waals surface area contributed by atoms with Crippen molar-refractivity contribution in [1.29, 1.82) is 0 Å². The van der Waals surface area contributed by atoms with Crippen LogP contribution in [0.4, 0.5) is 0 Å². The topological polar surface area (TPSA) is 74.7 Å². The molecule has 3 aromatic rings. The summed E-state index contributed by atoms with van der Waals surface area (Å²) in [5, 5.41) is 12.7. The van der Waals surface area contributed by atoms with Gasteiger partial charge in [-0.1, -0.05) is 84.9 Å². The van der Waals surface area contributed by atoms with Gasteiger partial charge in [0, 0.05) is 17.8 Å². The second-order valence-corrected chi connectivity index (χ2v) is 9.01. The molecule has 1 N–H and O–H groups in total. The van der Waals surface area contributed by atoms with Crippen molar-refractivity contribution >= 4 is 23.4 Å². The summed E-state index contributed by atoms with van der Waals surface area (Å²) in [4.78, 5) is 42.3. The Morgan fingerprint density at radius 2 is 1.40 bits per heavy atom. The normalized spacial score (nSPS) is 23.0. The fourth-order valence-electron chi connectivity index (χ4n) is 5.74. The second kappa shape index (κ2) is 8.29. The molecule has 0 aromatic heterocycles. The lowest BCUT2D eigenvalue weighted by Crippen LogP contribution is -2.54. The molecule has 0 radical (unpaired) electrons. The van der Waals surface area contributed by atoms with Crippen LogP contribution in [0, 0.1) is 5.41 Å². The van der Waals surface area contributed by atoms with Crippen LogP contribution in [0.1, 0.15) is 46.9 Å². The average Bonchev–Trinajstić information content (AvgIpc) is 3.11. The van der Waals surface area contributed by atoms with Gasteiger partial charge in [0.25, 0.3) is 0 Å². The molecule has 2 atom stereocenters. The first-order valence-corrected chi connectivity index (χ1v) is 11.5. The van der Waals surface area contributed by atoms with E-state index in [4.69, 9.17) is 0 Å². The van der Waals surface area contributed by atoms with Gasteiger partial charge >= 0.3 is 0 Å². The summed E-state index contributed by atoms with van der Waals surface area (Å²) in [5.41, 5.74) is -1.36. The number of carbonyl (C=O) groups is 3. The predicted octanol–water partition coefficient (Wildman–Crippen LogP) is 4.85. The monoisotopic (exact) mass is 463 g/mol. The van der Waals surface area contributed by atoms with E-state index in [1.54, 1.807) is 65.7 Å². The Morgan fingerprint density at radius 3 is 2.03 bits per heavy atom. The van der Waals surface area contributed by atoms with Crippen molar-refractivity contribution < 1.29 is 19.5 Å². The quantitative estimate of drug-likeness (QED) is 0.333. The van der Waals surface area contributed by atoms with Crippen molar-refractivity contribution in [3.8, 4) is 0 Å². The first kappa shape index (κ1) is 22.7. The third kappa shape index (κ3) is 3.08. The third-order valence-corrected chi connectivity index (χ3v) is 7.24. The molecule has 5 rings (SSSR count). The van der Waals surface area contributed by atoms with E-state index in [0.29, 0.717) is 11.1 Å². The Balaban J connectivity index is 1.88. The second-order valence-electron chi connectivity index (χ2n) is 9.01. The molecule has 1 saturated heterocycles. The van der Waals surface area contributed by atoms with Crippen LogP contribution < -0.4 is 0 Å². The van der Waals surface area contributed by atoms with Gasteiger partial charge in [-0.3, -0.25) is 14.4 Å². The number of carbonyl (C=O) groups excluding carboxylic acids is 3. The molecule has 2 heterocycles. The summed E-state index contributed by atoms with van der Waals surface area (Å²) in [6.45, 7) is 2.69. The number of rotatable bonds is 5. The van der Waals surface area contributed by atoms with Crippen molar-refractivity contribution in [3.05, 3.63) is 125 Å². The van der Waals surface area contributed by atoms with E-state index in [9.17, 15) is 19.5 Å². The molecule has 3 aromatic carbocycles. The Hall–Kier alpha value is -4.09. The SMILES string of the molecule is CC(=O)C1(C(C)=O)[C@@H]2c3ccccc3C=CN2/C(=C/C(=O)c2ccccc2)[C@@]1(O)c1ccccc1. The molecule has 0 bridgehead atoms. The highest BCUT2D eigenvalue weighted by atomic mass is 16.3. The Morgan fingerprint density at radius 1 is 0.829 bits per heavy atom. The summed E-state index contributed by atoms with van der Waals surface area (Å²) >= 11 is 0. The highest BCUT2D eigenvalue weighted by Gasteiger charge is 2.72. The third-order valence-electron chi connectivity index (χ3n) is 7.24. The van der Waals surface area contributed by atoms with Gasteiger partial charge < -0.3 is 10.0 Å². The zero-order valence-electron chi connectivity index (χ0n) is 19.5. The summed E-state index contributed by atoms with van der Waals surface area (Å²) in [7, 11) is 0. The largest absolute Gasteiger partial charge is 0.377 e. The molecular formula is C30H25NO4. The summed E-state index contributed by atoms with van der Waals surface area (Å²) in [5.74, 6) is -1.26. The van der Waals surface area contributed by atoms with E-state index >= 15 is 0 Å². The molecule has 0 saturated carbocycles. The molecule has 0 spiro atoms. The number of allylic oxidation sites excluding steroid dienone is 1. The lowest BCUT2D eigenvalue weighted by Gasteiger charge is -2.41. The highest BCUT2D eigenvalue weighted by molar-refractivity contribution is 6.10. The molecule has 0 aliphatic carbocycles. The van der Waals surface area contributed by atoms with E-state index in [0.717, 1.165) is 11.1 Å². The van der Waals surface area contributed by atoms with Crippen molar-refractivity contribution in [2.45, 2.75) is 25.5 Å². The van der Waals surface area contributed by atoms with Crippen molar-refractivity contribution in [3.63, 3.8) is 0 Å². The zero-order chi connectivity index (χ0) is 24.8. The minimum absolute atomic E-state index is 0.193. The molecular weight excluding hydrogens is 438 g/mol. The number of nitrogens with zero attached hydrogens (tertiary/aromatic N) is 1. The first-order chi connectivity index (χ1) is 16.8. The lowest BCUT2D eigenvalue weighted by molar-refractivity contribution is -0.155. The zero-order valence-corrected chi connectivity index (χ0v) is 19.5. The van der Waals surface area contributed by atoms with Crippen LogP contribution in [-0.4, -0.2) is 27.4 Å². The van der Waals surface area contributed by atoms with Crippen molar-refractivity contribution in [2.24, 2.45) is 5.41 Å². The van der Waals surface area contributed by atoms with E-state index in [2.05, 4.69) is 0 Å². The maximum Gasteiger partial charge on any atom is 0.187 e. The van der Waals surface area contributed by atoms with Crippen LogP contribution in [0.2, 0.25) is 0 Å². The first-order valence-electron chi connectivity index (χ1n) is 11.5. The Labute approximate surface area is 204 Å². The molecule has 2 aliphatic rings. The Bertz CT molecular complexity index is 1380. The number of fused-ring (bicyclic) bond motifs is 3. The summed E-state index contributed by atoms with van der Waals surface area (Å²) in [6.07, 6.45) is 4.98. The highest BCUT2D eigenvalue weighted by Crippen LogP contribution is 2.64. The molecule has 0 unspecified atom stereocenters. The molecule has 35 heavy (non-hydrogen) atoms. The van der Waals surface area contributed by atoms with Crippen LogP contribution >= 0.6 is 0 Å². The van der Waals surface area contributed by atoms with Gasteiger partial charge in [-0.25, -0.2) is 0 Å². The van der Waals surface area contributed by atoms with Crippen LogP contribution in [-0.2, 0) is 15.2 Å². The summed E-state index contributed by atoms with van der Waals surface area (Å²) in [6, 6.07) is 24.1. The molecule has 174 valence electrons. The van der Waals surface area contributed by atoms with Gasteiger partial charge in [0.1, 0.15) is 17.0 Å². The number of hydrogen-bond donors (Lipinski definition) is 1. The molecule has 5 heteroatoms. The minimum Gasteiger partial charge on any atom is -0.377 e. The number of hydrogen-bond acceptors (Lipinski definition) is 5. The average molecular weight is 464 g/mol. The summed E-state index contributed by atoms with van der Waals surface area (Å²) < 4.78 is 0. The van der Waals surface area contributed by atoms with E-state index in [-0.39, 0.29) is 11.5 Å². The number of ketones is 3. The maximum absolute atomic E-state index is 13.6. The standard InChI is InChI=1S/C30H25NO4/c1-20(32)29(21(2)33)28-25-16-10-9-11-22(25)17-18-31(28)27(19-26(34)23-12-5-3-6-13-23)30(29,35)24-14-7-4-8-15-24/h3-19,28,35H,1-2H3/b27-19+/t28-,30-/m0/s1. The van der Waals surface area contributed by atoms with Gasteiger partial charge in [-0.05, 0) is 36.6 Å². The maximum atomic E-state index is 13.6. The molecule has 5 nitrogen and oxygen atoms in total. The fraction of sp³-hybridized carbons (Fsp3) is 0.167. The van der Waals surface area contributed by atoms with E-state index in [1.165, 1.54) is 19.9 Å². The van der Waals surface area contributed by atoms with Crippen LogP contribution in [0.15, 0.2) is 103 Å². The number of benzene rings is 3. The van der Waals surface area contributed by atoms with Crippen molar-refractivity contribution in [1.82, 2.24) is 4.90 Å². The fourth-order valence-corrected chi connectivity index (χ4v) is 5.74. The minimum atomic E-state index is -2.08. The van der Waals surface area contributed by atoms with Crippen LogP contribution in [0.3, 0.4) is 0 Å². The Kier molecular flexibility index (Phi) is 5.37. The van der Waals surface area contributed by atoms with Gasteiger partial charge in [0.2, 0.25) is 0 Å². The number of aliphatic hydroxyl groups is 1. The van der Waals surface area contributed by atoms with E-state index < -0.39 is 28.6 Å². The lowest BCUT2D eigenvalue weighted by atomic mass is 9.60. The van der Waals surface area contributed by atoms with E-state index in [1.807, 2.05) is 36.4 Å². The predicted molar refractivity (Wildman–Crippen MR) is 133 cm³/mol. The number of Topliss-reactive ketones (excluding diaryl/α,β-unsaturated/α-hetero) is 2. The van der Waals surface area contributed by atoms with Crippen LogP contribution in [0.5, 0.6) is 0 Å². The smallest absolute Gasteiger partial charge is 0.187 e. The van der Waals surface area contributed by atoms with Crippen molar-refractivity contribution in [2.75, 3.05) is 0 Å². The molecule has 1 fully saturated rings. The van der Waals surface area contributed by atoms with Gasteiger partial charge in [-0.2, -0.15) is 0 Å². The van der Waals surface area contributed by atoms with Gasteiger partial charge in [0.15, 0.2) is 11.4 Å². The van der Waals surface area contributed by atoms with Crippen LogP contribution in [0.25, 0.3) is 6.08 Å². The molecule has 0 amide bonds. The van der Waals surface area contributed by atoms with Gasteiger partial charge in [0.05, 0.1) is 11.7 Å². The van der Waals surface area contributed by atoms with Gasteiger partial charge in [-0.15, -0.1) is 0 Å². The molecule has 2 aliphatic heterocycles.